The van der Waals surface area contributed by atoms with Gasteiger partial charge in [-0.1, -0.05) is 25.8 Å². The molecule has 0 amide bonds. The second-order valence-electron chi connectivity index (χ2n) is 3.31. The molecule has 0 saturated carbocycles. The van der Waals surface area contributed by atoms with Crippen molar-refractivity contribution >= 4 is 5.97 Å². The smallest absolute Gasteiger partial charge is 0.356 e. The van der Waals surface area contributed by atoms with Crippen molar-refractivity contribution in [3.8, 4) is 0 Å². The zero-order valence-electron chi connectivity index (χ0n) is 8.30. The molecule has 1 atom stereocenters. The zero-order valence-corrected chi connectivity index (χ0v) is 8.30. The molecule has 1 fully saturated rings. The van der Waals surface area contributed by atoms with Crippen LogP contribution in [0.4, 0.5) is 0 Å². The average Bonchev–Trinajstić information content (AvgIpc) is 2.39. The highest BCUT2D eigenvalue weighted by molar-refractivity contribution is 5.89. The molecule has 3 nitrogen and oxygen atoms in total. The van der Waals surface area contributed by atoms with Crippen LogP contribution in [-0.4, -0.2) is 12.2 Å². The van der Waals surface area contributed by atoms with Crippen LogP contribution in [0.2, 0.25) is 0 Å². The van der Waals surface area contributed by atoms with E-state index in [1.807, 2.05) is 13.0 Å². The molecule has 13 heavy (non-hydrogen) atoms. The number of carbonyl (C=O) groups is 1. The Balaban J connectivity index is 2.30. The number of unbranched alkanes of at least 4 members (excludes halogenated alkanes) is 3. The van der Waals surface area contributed by atoms with Gasteiger partial charge in [-0.3, -0.25) is 0 Å². The zero-order chi connectivity index (χ0) is 9.68. The topological polar surface area (TPSA) is 38.3 Å². The first kappa shape index (κ1) is 10.1. The Hall–Kier alpha value is -0.990. The molecule has 0 aliphatic carbocycles. The van der Waals surface area contributed by atoms with E-state index in [0.717, 1.165) is 12.8 Å². The van der Waals surface area contributed by atoms with Crippen LogP contribution in [0.1, 0.15) is 39.5 Å². The summed E-state index contributed by atoms with van der Waals surface area (Å²) in [4.78, 5) is 11.1. The number of allylic oxidation sites excluding steroid dienone is 1. The monoisotopic (exact) mass is 183 g/mol. The Bertz CT molecular complexity index is 211. The SMILES string of the molecule is CCCCC/C=C1/NC(C)OC1=O. The summed E-state index contributed by atoms with van der Waals surface area (Å²) in [6.45, 7) is 3.99. The van der Waals surface area contributed by atoms with Gasteiger partial charge < -0.3 is 10.1 Å². The maximum absolute atomic E-state index is 11.1. The molecule has 74 valence electrons. The molecule has 1 aliphatic heterocycles. The van der Waals surface area contributed by atoms with Gasteiger partial charge in [-0.15, -0.1) is 0 Å². The summed E-state index contributed by atoms with van der Waals surface area (Å²) in [6, 6.07) is 0. The standard InChI is InChI=1S/C10H17NO2/c1-3-4-5-6-7-9-10(12)13-8(2)11-9/h7-8,11H,3-6H2,1-2H3/b9-7+. The van der Waals surface area contributed by atoms with E-state index in [9.17, 15) is 4.79 Å². The highest BCUT2D eigenvalue weighted by atomic mass is 16.6. The molecule has 0 aromatic heterocycles. The van der Waals surface area contributed by atoms with Crippen molar-refractivity contribution in [2.45, 2.75) is 45.8 Å². The maximum atomic E-state index is 11.1. The van der Waals surface area contributed by atoms with E-state index in [-0.39, 0.29) is 12.2 Å². The largest absolute Gasteiger partial charge is 0.437 e. The predicted octanol–water partition coefficient (Wildman–Crippen LogP) is 1.94. The van der Waals surface area contributed by atoms with E-state index in [2.05, 4.69) is 12.2 Å². The summed E-state index contributed by atoms with van der Waals surface area (Å²) in [5.41, 5.74) is 0.628. The molecule has 1 N–H and O–H groups in total. The second kappa shape index (κ2) is 4.90. The molecule has 1 rings (SSSR count). The maximum Gasteiger partial charge on any atom is 0.356 e. The molecule has 0 aromatic carbocycles. The molecule has 0 bridgehead atoms. The van der Waals surface area contributed by atoms with Crippen LogP contribution in [0.3, 0.4) is 0 Å². The molecular weight excluding hydrogens is 166 g/mol. The fourth-order valence-electron chi connectivity index (χ4n) is 1.31. The van der Waals surface area contributed by atoms with Crippen LogP contribution >= 0.6 is 0 Å². The summed E-state index contributed by atoms with van der Waals surface area (Å²) in [6.07, 6.45) is 6.29. The lowest BCUT2D eigenvalue weighted by Crippen LogP contribution is -2.16. The van der Waals surface area contributed by atoms with E-state index < -0.39 is 0 Å². The normalized spacial score (nSPS) is 24.6. The van der Waals surface area contributed by atoms with E-state index in [1.165, 1.54) is 12.8 Å². The molecule has 1 saturated heterocycles. The Labute approximate surface area is 79.2 Å². The predicted molar refractivity (Wildman–Crippen MR) is 50.9 cm³/mol. The Morgan fingerprint density at radius 1 is 1.54 bits per heavy atom. The second-order valence-corrected chi connectivity index (χ2v) is 3.31. The third-order valence-electron chi connectivity index (χ3n) is 2.02. The van der Waals surface area contributed by atoms with Crippen molar-refractivity contribution in [1.29, 1.82) is 0 Å². The molecule has 0 spiro atoms. The van der Waals surface area contributed by atoms with E-state index in [1.54, 1.807) is 0 Å². The third-order valence-corrected chi connectivity index (χ3v) is 2.02. The lowest BCUT2D eigenvalue weighted by molar-refractivity contribution is -0.138. The molecule has 1 aliphatic rings. The summed E-state index contributed by atoms with van der Waals surface area (Å²) in [7, 11) is 0. The molecule has 1 unspecified atom stereocenters. The minimum absolute atomic E-state index is 0.162. The quantitative estimate of drug-likeness (QED) is 0.411. The van der Waals surface area contributed by atoms with Crippen LogP contribution in [0.15, 0.2) is 11.8 Å². The van der Waals surface area contributed by atoms with Crippen LogP contribution < -0.4 is 5.32 Å². The molecule has 1 heterocycles. The van der Waals surface area contributed by atoms with Gasteiger partial charge in [0.25, 0.3) is 0 Å². The van der Waals surface area contributed by atoms with Gasteiger partial charge in [0, 0.05) is 0 Å². The first-order chi connectivity index (χ1) is 6.24. The lowest BCUT2D eigenvalue weighted by atomic mass is 10.2. The molecular formula is C10H17NO2. The van der Waals surface area contributed by atoms with Gasteiger partial charge >= 0.3 is 5.97 Å². The number of carbonyl (C=O) groups excluding carboxylic acids is 1. The Morgan fingerprint density at radius 2 is 2.31 bits per heavy atom. The van der Waals surface area contributed by atoms with E-state index >= 15 is 0 Å². The molecule has 0 radical (unpaired) electrons. The number of nitrogens with one attached hydrogen (secondary N) is 1. The number of cyclic esters (lactones) is 1. The van der Waals surface area contributed by atoms with Crippen LogP contribution in [0, 0.1) is 0 Å². The summed E-state index contributed by atoms with van der Waals surface area (Å²) >= 11 is 0. The van der Waals surface area contributed by atoms with Gasteiger partial charge in [-0.05, 0) is 19.8 Å². The number of hydrogen-bond acceptors (Lipinski definition) is 3. The van der Waals surface area contributed by atoms with E-state index in [4.69, 9.17) is 4.74 Å². The van der Waals surface area contributed by atoms with Gasteiger partial charge in [-0.2, -0.15) is 0 Å². The highest BCUT2D eigenvalue weighted by Gasteiger charge is 2.23. The minimum Gasteiger partial charge on any atom is -0.437 e. The van der Waals surface area contributed by atoms with Crippen molar-refractivity contribution in [3.05, 3.63) is 11.8 Å². The van der Waals surface area contributed by atoms with Gasteiger partial charge in [0.15, 0.2) is 6.23 Å². The van der Waals surface area contributed by atoms with Crippen molar-refractivity contribution in [2.24, 2.45) is 0 Å². The van der Waals surface area contributed by atoms with Crippen molar-refractivity contribution in [3.63, 3.8) is 0 Å². The first-order valence-corrected chi connectivity index (χ1v) is 4.91. The van der Waals surface area contributed by atoms with Crippen LogP contribution in [0.25, 0.3) is 0 Å². The summed E-state index contributed by atoms with van der Waals surface area (Å²) in [5.74, 6) is -0.219. The fourth-order valence-corrected chi connectivity index (χ4v) is 1.31. The highest BCUT2D eigenvalue weighted by Crippen LogP contribution is 2.10. The van der Waals surface area contributed by atoms with Crippen molar-refractivity contribution < 1.29 is 9.53 Å². The molecule has 3 heteroatoms. The minimum atomic E-state index is -0.219. The van der Waals surface area contributed by atoms with Gasteiger partial charge in [0.1, 0.15) is 5.70 Å². The summed E-state index contributed by atoms with van der Waals surface area (Å²) < 4.78 is 4.91. The Kier molecular flexibility index (Phi) is 3.80. The lowest BCUT2D eigenvalue weighted by Gasteiger charge is -1.98. The van der Waals surface area contributed by atoms with E-state index in [0.29, 0.717) is 5.70 Å². The van der Waals surface area contributed by atoms with Crippen LogP contribution in [0.5, 0.6) is 0 Å². The number of esters is 1. The number of hydrogen-bond donors (Lipinski definition) is 1. The van der Waals surface area contributed by atoms with Crippen LogP contribution in [-0.2, 0) is 9.53 Å². The van der Waals surface area contributed by atoms with Crippen molar-refractivity contribution in [1.82, 2.24) is 5.32 Å². The van der Waals surface area contributed by atoms with Gasteiger partial charge in [0.2, 0.25) is 0 Å². The average molecular weight is 183 g/mol. The Morgan fingerprint density at radius 3 is 2.85 bits per heavy atom. The number of rotatable bonds is 4. The van der Waals surface area contributed by atoms with Gasteiger partial charge in [0.05, 0.1) is 0 Å². The fraction of sp³-hybridized carbons (Fsp3) is 0.700. The third kappa shape index (κ3) is 3.09. The first-order valence-electron chi connectivity index (χ1n) is 4.91. The van der Waals surface area contributed by atoms with Gasteiger partial charge in [-0.25, -0.2) is 4.79 Å². The summed E-state index contributed by atoms with van der Waals surface area (Å²) in [5, 5.41) is 2.97. The molecule has 0 aromatic rings. The van der Waals surface area contributed by atoms with Crippen molar-refractivity contribution in [2.75, 3.05) is 0 Å². The number of ether oxygens (including phenoxy) is 1.